The van der Waals surface area contributed by atoms with Crippen molar-refractivity contribution in [3.63, 3.8) is 0 Å². The van der Waals surface area contributed by atoms with Crippen molar-refractivity contribution in [1.82, 2.24) is 0 Å². The molecule has 0 saturated carbocycles. The average molecular weight is 611 g/mol. The first kappa shape index (κ1) is 20.4. The van der Waals surface area contributed by atoms with Crippen molar-refractivity contribution >= 4 is 63.5 Å². The van der Waals surface area contributed by atoms with Crippen LogP contribution < -0.4 is 3.27 Å². The summed E-state index contributed by atoms with van der Waals surface area (Å²) in [5.41, 5.74) is 8.60. The van der Waals surface area contributed by atoms with Gasteiger partial charge >= 0.3 is 203 Å². The number of hydrogen-bond acceptors (Lipinski definition) is 2. The maximum atomic E-state index is 7.63. The first-order valence-corrected chi connectivity index (χ1v) is 24.1. The summed E-state index contributed by atoms with van der Waals surface area (Å²) in [6, 6.07) is 23.4. The van der Waals surface area contributed by atoms with E-state index in [1.165, 1.54) is 42.8 Å². The number of allylic oxidation sites excluding steroid dienone is 1. The van der Waals surface area contributed by atoms with E-state index in [0.717, 1.165) is 3.27 Å². The van der Waals surface area contributed by atoms with Crippen molar-refractivity contribution in [3.05, 3.63) is 104 Å². The van der Waals surface area contributed by atoms with E-state index in [1.807, 2.05) is 11.8 Å². The maximum absolute atomic E-state index is 7.63. The molecule has 0 aromatic heterocycles. The molecule has 149 valence electrons. The fraction of sp³-hybridized carbons (Fsp3) is 0.0833. The molecule has 0 radical (unpaired) electrons. The molecular formula is C24H16BrCl2S2Zr. The molecule has 1 heterocycles. The van der Waals surface area contributed by atoms with Gasteiger partial charge in [-0.05, 0) is 0 Å². The van der Waals surface area contributed by atoms with E-state index in [9.17, 15) is 0 Å². The summed E-state index contributed by atoms with van der Waals surface area (Å²) < 4.78 is 2.12. The Kier molecular flexibility index (Phi) is 4.68. The first-order valence-electron chi connectivity index (χ1n) is 9.73. The second-order valence-corrected chi connectivity index (χ2v) is 37.4. The Morgan fingerprint density at radius 3 is 2.07 bits per heavy atom. The van der Waals surface area contributed by atoms with Gasteiger partial charge in [0.1, 0.15) is 0 Å². The summed E-state index contributed by atoms with van der Waals surface area (Å²) in [6.07, 6.45) is 4.46. The van der Waals surface area contributed by atoms with Gasteiger partial charge in [-0.1, -0.05) is 0 Å². The number of thioether (sulfide) groups is 1. The van der Waals surface area contributed by atoms with E-state index in [0.29, 0.717) is 5.25 Å². The molecule has 1 unspecified atom stereocenters. The molecule has 6 heteroatoms. The zero-order valence-corrected chi connectivity index (χ0v) is 22.9. The molecule has 6 rings (SSSR count). The van der Waals surface area contributed by atoms with E-state index in [1.54, 1.807) is 0 Å². The normalized spacial score (nSPS) is 20.5. The zero-order valence-electron chi connectivity index (χ0n) is 15.6. The Morgan fingerprint density at radius 2 is 1.40 bits per heavy atom. The number of thiol groups is 1. The van der Waals surface area contributed by atoms with Gasteiger partial charge in [0.15, 0.2) is 0 Å². The Morgan fingerprint density at radius 1 is 0.800 bits per heavy atom. The van der Waals surface area contributed by atoms with Crippen molar-refractivity contribution < 1.29 is 14.9 Å². The van der Waals surface area contributed by atoms with Crippen molar-refractivity contribution in [1.29, 1.82) is 0 Å². The standard InChI is InChI=1S/C13H9.C11H6BrS.2ClH.H2S.Zr/c1-3-7-12-10(5-1)9-11-6-2-4-8-13(11)12;12-10-6-8-5-7-3-1-2-4-9(7)11(8)13-10;;;;/h1-9H;1-2,4-6,11H;2*1H;1H2;/q;;;;;+3/p-3. The zero-order chi connectivity index (χ0) is 20.7. The van der Waals surface area contributed by atoms with Crippen LogP contribution in [0.5, 0.6) is 0 Å². The van der Waals surface area contributed by atoms with Gasteiger partial charge in [0, 0.05) is 0 Å². The third-order valence-electron chi connectivity index (χ3n) is 6.35. The Hall–Kier alpha value is -0.217. The summed E-state index contributed by atoms with van der Waals surface area (Å²) in [5, 5.41) is 0.310. The summed E-state index contributed by atoms with van der Waals surface area (Å²) in [4.78, 5) is 0. The molecular weight excluding hydrogens is 594 g/mol. The van der Waals surface area contributed by atoms with Crippen LogP contribution in [0.3, 0.4) is 0 Å². The van der Waals surface area contributed by atoms with Crippen LogP contribution in [0, 0.1) is 0 Å². The Bertz CT molecular complexity index is 1260. The number of halogens is 3. The number of fused-ring (bicyclic) bond motifs is 6. The molecule has 3 aliphatic rings. The third-order valence-corrected chi connectivity index (χ3v) is 23.6. The second-order valence-electron chi connectivity index (χ2n) is 8.04. The van der Waals surface area contributed by atoms with Crippen LogP contribution >= 0.6 is 54.1 Å². The molecule has 30 heavy (non-hydrogen) atoms. The first-order chi connectivity index (χ1) is 14.3. The van der Waals surface area contributed by atoms with E-state index in [-0.39, 0.29) is 3.63 Å². The fourth-order valence-corrected chi connectivity index (χ4v) is 21.8. The van der Waals surface area contributed by atoms with E-state index < -0.39 is 14.9 Å². The minimum absolute atomic E-state index is 0.0919. The molecule has 0 nitrogen and oxygen atoms in total. The van der Waals surface area contributed by atoms with Gasteiger partial charge in [-0.3, -0.25) is 0 Å². The van der Waals surface area contributed by atoms with Gasteiger partial charge in [0.25, 0.3) is 0 Å². The number of benzene rings is 3. The topological polar surface area (TPSA) is 0 Å². The van der Waals surface area contributed by atoms with Gasteiger partial charge in [0.2, 0.25) is 0 Å². The van der Waals surface area contributed by atoms with Crippen LogP contribution in [0.1, 0.15) is 31.1 Å². The minimum atomic E-state index is -4.85. The fourth-order valence-electron chi connectivity index (χ4n) is 5.15. The van der Waals surface area contributed by atoms with Crippen LogP contribution in [0.15, 0.2) is 82.2 Å². The molecule has 0 amide bonds. The van der Waals surface area contributed by atoms with E-state index in [2.05, 4.69) is 94.8 Å². The quantitative estimate of drug-likeness (QED) is 0.285. The van der Waals surface area contributed by atoms with Gasteiger partial charge in [-0.15, -0.1) is 0 Å². The SMILES string of the molecule is [SH][Zr]([Cl])([Cl])([c]1cccc2c1C=C1C=C(Br)SC12)[CH]1c2ccccc2-c2ccccc21. The third kappa shape index (κ3) is 2.84. The predicted molar refractivity (Wildman–Crippen MR) is 136 cm³/mol. The molecule has 0 N–H and O–H groups in total. The van der Waals surface area contributed by atoms with Crippen molar-refractivity contribution in [2.45, 2.75) is 8.88 Å². The molecule has 1 aliphatic heterocycles. The average Bonchev–Trinajstić information content (AvgIpc) is 3.35. The summed E-state index contributed by atoms with van der Waals surface area (Å²) in [6.45, 7) is 0. The Labute approximate surface area is 200 Å². The summed E-state index contributed by atoms with van der Waals surface area (Å²) in [7, 11) is 20.5. The number of hydrogen-bond donors (Lipinski definition) is 1. The monoisotopic (exact) mass is 607 g/mol. The summed E-state index contributed by atoms with van der Waals surface area (Å²) >= 11 is 0.613. The van der Waals surface area contributed by atoms with Crippen molar-refractivity contribution in [2.24, 2.45) is 0 Å². The second kappa shape index (κ2) is 6.89. The van der Waals surface area contributed by atoms with Crippen LogP contribution in [0.4, 0.5) is 0 Å². The van der Waals surface area contributed by atoms with Crippen LogP contribution in [0.25, 0.3) is 17.2 Å². The van der Waals surface area contributed by atoms with Gasteiger partial charge < -0.3 is 0 Å². The van der Waals surface area contributed by atoms with Crippen LogP contribution in [-0.4, -0.2) is 0 Å². The van der Waals surface area contributed by atoms with Gasteiger partial charge in [-0.25, -0.2) is 0 Å². The molecule has 0 saturated heterocycles. The predicted octanol–water partition coefficient (Wildman–Crippen LogP) is 8.35. The number of rotatable bonds is 2. The molecule has 2 aliphatic carbocycles. The van der Waals surface area contributed by atoms with Crippen molar-refractivity contribution in [3.8, 4) is 11.1 Å². The molecule has 1 atom stereocenters. The molecule has 3 aromatic carbocycles. The summed E-state index contributed by atoms with van der Waals surface area (Å²) in [5.74, 6) is 0. The van der Waals surface area contributed by atoms with E-state index >= 15 is 0 Å². The molecule has 0 bridgehead atoms. The molecule has 3 aromatic rings. The van der Waals surface area contributed by atoms with Gasteiger partial charge in [0.05, 0.1) is 0 Å². The van der Waals surface area contributed by atoms with Crippen LogP contribution in [0.2, 0.25) is 0 Å². The Balaban J connectivity index is 1.61. The van der Waals surface area contributed by atoms with Crippen molar-refractivity contribution in [2.75, 3.05) is 0 Å². The molecule has 0 fully saturated rings. The van der Waals surface area contributed by atoms with Crippen LogP contribution in [-0.2, 0) is 14.9 Å². The molecule has 0 spiro atoms. The van der Waals surface area contributed by atoms with Gasteiger partial charge in [-0.2, -0.15) is 0 Å². The van der Waals surface area contributed by atoms with E-state index in [4.69, 9.17) is 26.4 Å².